The van der Waals surface area contributed by atoms with Gasteiger partial charge >= 0.3 is 0 Å². The van der Waals surface area contributed by atoms with Crippen molar-refractivity contribution in [2.45, 2.75) is 32.2 Å². The van der Waals surface area contributed by atoms with E-state index in [-0.39, 0.29) is 0 Å². The summed E-state index contributed by atoms with van der Waals surface area (Å²) in [4.78, 5) is 8.41. The van der Waals surface area contributed by atoms with Crippen molar-refractivity contribution in [2.75, 3.05) is 18.4 Å². The quantitative estimate of drug-likeness (QED) is 0.744. The largest absolute Gasteiger partial charge is 0.370 e. The minimum absolute atomic E-state index is 0.647. The highest BCUT2D eigenvalue weighted by molar-refractivity contribution is 5.44. The number of aryl methyl sites for hydroxylation is 1. The maximum Gasteiger partial charge on any atom is 0.254 e. The molecule has 0 aromatic carbocycles. The Balaban J connectivity index is 1.57. The first-order valence-electron chi connectivity index (χ1n) is 6.47. The second-order valence-electron chi connectivity index (χ2n) is 4.76. The van der Waals surface area contributed by atoms with Crippen LogP contribution in [0.1, 0.15) is 25.0 Å². The topological polar surface area (TPSA) is 67.1 Å². The van der Waals surface area contributed by atoms with Crippen LogP contribution in [0.25, 0.3) is 5.78 Å². The van der Waals surface area contributed by atoms with Crippen LogP contribution in [0.3, 0.4) is 0 Å². The van der Waals surface area contributed by atoms with Crippen molar-refractivity contribution in [1.82, 2.24) is 24.9 Å². The number of hydrogen-bond acceptors (Lipinski definition) is 5. The van der Waals surface area contributed by atoms with Crippen LogP contribution < -0.4 is 10.6 Å². The zero-order chi connectivity index (χ0) is 12.4. The van der Waals surface area contributed by atoms with E-state index in [0.717, 1.165) is 37.1 Å². The minimum atomic E-state index is 0.647. The van der Waals surface area contributed by atoms with E-state index in [4.69, 9.17) is 0 Å². The van der Waals surface area contributed by atoms with Crippen LogP contribution in [-0.2, 0) is 0 Å². The van der Waals surface area contributed by atoms with Gasteiger partial charge in [0.15, 0.2) is 0 Å². The van der Waals surface area contributed by atoms with Gasteiger partial charge < -0.3 is 10.6 Å². The van der Waals surface area contributed by atoms with Crippen LogP contribution in [0.5, 0.6) is 0 Å². The molecule has 18 heavy (non-hydrogen) atoms. The third-order valence-corrected chi connectivity index (χ3v) is 3.05. The van der Waals surface area contributed by atoms with E-state index in [1.54, 1.807) is 4.52 Å². The lowest BCUT2D eigenvalue weighted by molar-refractivity contribution is 0.657. The first kappa shape index (κ1) is 11.4. The van der Waals surface area contributed by atoms with Crippen LogP contribution in [-0.4, -0.2) is 38.7 Å². The molecule has 0 unspecified atom stereocenters. The predicted octanol–water partition coefficient (Wildman–Crippen LogP) is 0.987. The Morgan fingerprint density at radius 2 is 2.28 bits per heavy atom. The maximum absolute atomic E-state index is 4.31. The van der Waals surface area contributed by atoms with E-state index in [0.29, 0.717) is 5.78 Å². The second kappa shape index (κ2) is 4.89. The molecule has 0 bridgehead atoms. The average molecular weight is 246 g/mol. The molecule has 96 valence electrons. The van der Waals surface area contributed by atoms with Gasteiger partial charge in [0.2, 0.25) is 0 Å². The number of hydrogen-bond donors (Lipinski definition) is 2. The smallest absolute Gasteiger partial charge is 0.254 e. The van der Waals surface area contributed by atoms with E-state index in [1.807, 2.05) is 13.0 Å². The molecule has 0 atom stereocenters. The molecule has 0 spiro atoms. The van der Waals surface area contributed by atoms with Gasteiger partial charge in [0.05, 0.1) is 0 Å². The zero-order valence-corrected chi connectivity index (χ0v) is 10.6. The van der Waals surface area contributed by atoms with Crippen LogP contribution in [0.15, 0.2) is 12.4 Å². The highest BCUT2D eigenvalue weighted by atomic mass is 15.3. The third kappa shape index (κ3) is 2.59. The molecule has 0 saturated heterocycles. The van der Waals surface area contributed by atoms with Crippen LogP contribution in [0.4, 0.5) is 5.82 Å². The van der Waals surface area contributed by atoms with Gasteiger partial charge in [0, 0.05) is 24.3 Å². The van der Waals surface area contributed by atoms with Crippen molar-refractivity contribution >= 4 is 11.6 Å². The molecule has 6 heteroatoms. The molecule has 6 nitrogen and oxygen atoms in total. The molecular formula is C12H18N6. The van der Waals surface area contributed by atoms with Gasteiger partial charge in [-0.2, -0.15) is 14.6 Å². The van der Waals surface area contributed by atoms with E-state index in [2.05, 4.69) is 25.7 Å². The molecule has 2 N–H and O–H groups in total. The van der Waals surface area contributed by atoms with Gasteiger partial charge in [0.25, 0.3) is 5.78 Å². The Hall–Kier alpha value is -1.69. The highest BCUT2D eigenvalue weighted by Crippen LogP contribution is 2.18. The van der Waals surface area contributed by atoms with Crippen LogP contribution >= 0.6 is 0 Å². The summed E-state index contributed by atoms with van der Waals surface area (Å²) >= 11 is 0. The first-order valence-corrected chi connectivity index (χ1v) is 6.47. The van der Waals surface area contributed by atoms with E-state index in [1.165, 1.54) is 19.2 Å². The summed E-state index contributed by atoms with van der Waals surface area (Å²) in [6.45, 7) is 3.97. The van der Waals surface area contributed by atoms with Gasteiger partial charge in [0.1, 0.15) is 12.1 Å². The molecule has 3 rings (SSSR count). The van der Waals surface area contributed by atoms with Crippen molar-refractivity contribution in [3.8, 4) is 0 Å². The molecular weight excluding hydrogens is 228 g/mol. The van der Waals surface area contributed by atoms with Gasteiger partial charge in [-0.15, -0.1) is 0 Å². The Labute approximate surface area is 106 Å². The van der Waals surface area contributed by atoms with Crippen molar-refractivity contribution in [3.63, 3.8) is 0 Å². The van der Waals surface area contributed by atoms with E-state index >= 15 is 0 Å². The number of nitrogens with zero attached hydrogens (tertiary/aromatic N) is 4. The molecule has 2 aromatic rings. The minimum Gasteiger partial charge on any atom is -0.370 e. The van der Waals surface area contributed by atoms with Gasteiger partial charge in [-0.25, -0.2) is 4.98 Å². The summed E-state index contributed by atoms with van der Waals surface area (Å²) in [6, 6.07) is 2.78. The summed E-state index contributed by atoms with van der Waals surface area (Å²) < 4.78 is 1.74. The molecule has 1 aliphatic rings. The Kier molecular flexibility index (Phi) is 3.10. The number of fused-ring (bicyclic) bond motifs is 1. The SMILES string of the molecule is Cc1cc(NCCCNC2CC2)n2ncnc2n1. The summed E-state index contributed by atoms with van der Waals surface area (Å²) in [7, 11) is 0. The fourth-order valence-electron chi connectivity index (χ4n) is 1.96. The number of anilines is 1. The first-order chi connectivity index (χ1) is 8.83. The van der Waals surface area contributed by atoms with Gasteiger partial charge in [-0.3, -0.25) is 0 Å². The molecule has 1 fully saturated rings. The average Bonchev–Trinajstić information content (AvgIpc) is 3.05. The highest BCUT2D eigenvalue weighted by Gasteiger charge is 2.19. The summed E-state index contributed by atoms with van der Waals surface area (Å²) in [5.41, 5.74) is 0.953. The zero-order valence-electron chi connectivity index (χ0n) is 10.6. The van der Waals surface area contributed by atoms with Crippen LogP contribution in [0, 0.1) is 6.92 Å². The Bertz CT molecular complexity index is 530. The third-order valence-electron chi connectivity index (χ3n) is 3.05. The van der Waals surface area contributed by atoms with Gasteiger partial charge in [-0.1, -0.05) is 0 Å². The molecule has 0 amide bonds. The molecule has 0 aliphatic heterocycles. The molecule has 0 radical (unpaired) electrons. The second-order valence-corrected chi connectivity index (χ2v) is 4.76. The summed E-state index contributed by atoms with van der Waals surface area (Å²) in [6.07, 6.45) is 5.32. The Morgan fingerprint density at radius 3 is 3.11 bits per heavy atom. The monoisotopic (exact) mass is 246 g/mol. The number of nitrogens with one attached hydrogen (secondary N) is 2. The lowest BCUT2D eigenvalue weighted by Gasteiger charge is -2.08. The fraction of sp³-hybridized carbons (Fsp3) is 0.583. The maximum atomic E-state index is 4.31. The molecule has 2 heterocycles. The van der Waals surface area contributed by atoms with Crippen molar-refractivity contribution in [3.05, 3.63) is 18.1 Å². The van der Waals surface area contributed by atoms with Crippen molar-refractivity contribution < 1.29 is 0 Å². The molecule has 2 aromatic heterocycles. The number of aromatic nitrogens is 4. The fourth-order valence-corrected chi connectivity index (χ4v) is 1.96. The van der Waals surface area contributed by atoms with Crippen LogP contribution in [0.2, 0.25) is 0 Å². The number of rotatable bonds is 6. The lowest BCUT2D eigenvalue weighted by atomic mass is 10.4. The summed E-state index contributed by atoms with van der Waals surface area (Å²) in [5.74, 6) is 1.61. The van der Waals surface area contributed by atoms with Crippen molar-refractivity contribution in [1.29, 1.82) is 0 Å². The van der Waals surface area contributed by atoms with Gasteiger partial charge in [-0.05, 0) is 32.7 Å². The molecule has 1 aliphatic carbocycles. The Morgan fingerprint density at radius 1 is 1.39 bits per heavy atom. The lowest BCUT2D eigenvalue weighted by Crippen LogP contribution is -2.20. The van der Waals surface area contributed by atoms with Crippen molar-refractivity contribution in [2.24, 2.45) is 0 Å². The van der Waals surface area contributed by atoms with E-state index in [9.17, 15) is 0 Å². The standard InChI is InChI=1S/C12H18N6/c1-9-7-11(18-12(17-9)15-8-16-18)14-6-2-5-13-10-3-4-10/h7-8,10,13-14H,2-6H2,1H3. The van der Waals surface area contributed by atoms with E-state index < -0.39 is 0 Å². The normalized spacial score (nSPS) is 15.2. The predicted molar refractivity (Wildman–Crippen MR) is 69.7 cm³/mol. The molecule has 1 saturated carbocycles. The summed E-state index contributed by atoms with van der Waals surface area (Å²) in [5, 5.41) is 11.1.